The van der Waals surface area contributed by atoms with Crippen molar-refractivity contribution < 1.29 is 13.6 Å². The van der Waals surface area contributed by atoms with Crippen molar-refractivity contribution in [1.29, 1.82) is 0 Å². The van der Waals surface area contributed by atoms with Crippen LogP contribution in [0.25, 0.3) is 11.3 Å². The quantitative estimate of drug-likeness (QED) is 0.372. The van der Waals surface area contributed by atoms with Gasteiger partial charge in [-0.3, -0.25) is 4.79 Å². The largest absolute Gasteiger partial charge is 0.292 e. The predicted octanol–water partition coefficient (Wildman–Crippen LogP) is 7.03. The van der Waals surface area contributed by atoms with Gasteiger partial charge in [-0.15, -0.1) is 5.10 Å². The molecule has 6 heteroatoms. The lowest BCUT2D eigenvalue weighted by atomic mass is 9.66. The first kappa shape index (κ1) is 23.7. The number of halogens is 2. The molecular formula is C29H31F2N3O. The van der Waals surface area contributed by atoms with Crippen LogP contribution in [0.15, 0.2) is 42.5 Å². The molecule has 35 heavy (non-hydrogen) atoms. The molecule has 3 aromatic rings. The van der Waals surface area contributed by atoms with E-state index in [0.29, 0.717) is 12.1 Å². The Morgan fingerprint density at radius 2 is 1.74 bits per heavy atom. The number of benzene rings is 1. The van der Waals surface area contributed by atoms with Crippen molar-refractivity contribution in [2.75, 3.05) is 0 Å². The summed E-state index contributed by atoms with van der Waals surface area (Å²) >= 11 is 0. The van der Waals surface area contributed by atoms with Gasteiger partial charge in [-0.25, -0.2) is 13.8 Å². The number of hydrogen-bond acceptors (Lipinski definition) is 4. The molecule has 2 aromatic heterocycles. The third-order valence-corrected chi connectivity index (χ3v) is 8.18. The molecule has 0 amide bonds. The average Bonchev–Trinajstić information content (AvgIpc) is 3.18. The summed E-state index contributed by atoms with van der Waals surface area (Å²) in [6, 6.07) is 11.3. The number of fused-ring (bicyclic) bond motifs is 5. The summed E-state index contributed by atoms with van der Waals surface area (Å²) in [5.41, 5.74) is 2.46. The summed E-state index contributed by atoms with van der Waals surface area (Å²) in [7, 11) is 0. The van der Waals surface area contributed by atoms with Gasteiger partial charge in [0.25, 0.3) is 0 Å². The molecule has 0 aliphatic heterocycles. The Hall–Kier alpha value is -3.02. The van der Waals surface area contributed by atoms with E-state index in [1.54, 1.807) is 12.1 Å². The Balaban J connectivity index is 1.59. The van der Waals surface area contributed by atoms with Crippen LogP contribution in [0, 0.1) is 22.5 Å². The van der Waals surface area contributed by atoms with Gasteiger partial charge in [-0.05, 0) is 71.9 Å². The highest BCUT2D eigenvalue weighted by Gasteiger charge is 2.65. The van der Waals surface area contributed by atoms with Crippen LogP contribution in [0.4, 0.5) is 8.78 Å². The fourth-order valence-corrected chi connectivity index (χ4v) is 6.20. The van der Waals surface area contributed by atoms with Crippen LogP contribution < -0.4 is 0 Å². The molecule has 2 atom stereocenters. The van der Waals surface area contributed by atoms with Gasteiger partial charge in [-0.2, -0.15) is 5.10 Å². The maximum absolute atomic E-state index is 14.5. The Kier molecular flexibility index (Phi) is 5.42. The number of carbonyl (C=O) groups excluding carboxylic acids is 1. The van der Waals surface area contributed by atoms with Crippen LogP contribution in [0.1, 0.15) is 93.7 Å². The molecular weight excluding hydrogens is 444 g/mol. The Bertz CT molecular complexity index is 1310. The zero-order valence-electron chi connectivity index (χ0n) is 21.0. The van der Waals surface area contributed by atoms with Crippen LogP contribution >= 0.6 is 0 Å². The Morgan fingerprint density at radius 1 is 1.06 bits per heavy atom. The lowest BCUT2D eigenvalue weighted by Crippen LogP contribution is -2.38. The molecule has 5 rings (SSSR count). The first-order chi connectivity index (χ1) is 16.5. The van der Waals surface area contributed by atoms with E-state index >= 15 is 0 Å². The summed E-state index contributed by atoms with van der Waals surface area (Å²) in [4.78, 5) is 17.9. The van der Waals surface area contributed by atoms with Gasteiger partial charge in [0.1, 0.15) is 17.3 Å². The molecule has 4 nitrogen and oxygen atoms in total. The van der Waals surface area contributed by atoms with E-state index in [4.69, 9.17) is 4.98 Å². The molecule has 0 spiro atoms. The maximum atomic E-state index is 14.5. The molecule has 2 aliphatic carbocycles. The van der Waals surface area contributed by atoms with Gasteiger partial charge >= 0.3 is 0 Å². The first-order valence-electron chi connectivity index (χ1n) is 12.3. The highest BCUT2D eigenvalue weighted by atomic mass is 19.1. The van der Waals surface area contributed by atoms with Gasteiger partial charge in [0.05, 0.1) is 28.1 Å². The van der Waals surface area contributed by atoms with Gasteiger partial charge in [0.15, 0.2) is 5.78 Å². The van der Waals surface area contributed by atoms with Crippen LogP contribution in [0.5, 0.6) is 0 Å². The summed E-state index contributed by atoms with van der Waals surface area (Å²) in [6.07, 6.45) is 2.99. The van der Waals surface area contributed by atoms with Crippen molar-refractivity contribution in [3.05, 3.63) is 76.7 Å². The van der Waals surface area contributed by atoms with Gasteiger partial charge < -0.3 is 0 Å². The normalized spacial score (nSPS) is 22.3. The molecule has 2 aliphatic rings. The van der Waals surface area contributed by atoms with E-state index in [2.05, 4.69) is 44.8 Å². The smallest absolute Gasteiger partial charge is 0.181 e. The lowest BCUT2D eigenvalue weighted by molar-refractivity contribution is 0.0960. The average molecular weight is 476 g/mol. The zero-order valence-corrected chi connectivity index (χ0v) is 21.0. The fraction of sp³-hybridized carbons (Fsp3) is 0.448. The van der Waals surface area contributed by atoms with Gasteiger partial charge in [0, 0.05) is 6.42 Å². The minimum Gasteiger partial charge on any atom is -0.292 e. The zero-order chi connectivity index (χ0) is 25.2. The number of Topliss-reactive ketones (excluding diaryl/α,β-unsaturated/α-hetero) is 1. The molecule has 0 saturated heterocycles. The molecule has 0 radical (unpaired) electrons. The van der Waals surface area contributed by atoms with Crippen molar-refractivity contribution in [2.24, 2.45) is 10.8 Å². The number of rotatable bonds is 5. The Morgan fingerprint density at radius 3 is 2.43 bits per heavy atom. The van der Waals surface area contributed by atoms with Crippen molar-refractivity contribution in [2.45, 2.75) is 71.6 Å². The summed E-state index contributed by atoms with van der Waals surface area (Å²) in [6.45, 7) is 10.8. The lowest BCUT2D eigenvalue weighted by Gasteiger charge is -2.37. The predicted molar refractivity (Wildman–Crippen MR) is 131 cm³/mol. The molecule has 182 valence electrons. The first-order valence-corrected chi connectivity index (χ1v) is 12.3. The second kappa shape index (κ2) is 8.00. The maximum Gasteiger partial charge on any atom is 0.181 e. The van der Waals surface area contributed by atoms with Crippen LogP contribution in [-0.4, -0.2) is 21.0 Å². The topological polar surface area (TPSA) is 55.7 Å². The van der Waals surface area contributed by atoms with Gasteiger partial charge in [-0.1, -0.05) is 46.8 Å². The fourth-order valence-electron chi connectivity index (χ4n) is 6.20. The minimum absolute atomic E-state index is 0.0419. The number of pyridine rings is 1. The van der Waals surface area contributed by atoms with E-state index < -0.39 is 17.0 Å². The van der Waals surface area contributed by atoms with Gasteiger partial charge in [0.2, 0.25) is 0 Å². The van der Waals surface area contributed by atoms with Crippen molar-refractivity contribution >= 4 is 5.78 Å². The highest BCUT2D eigenvalue weighted by molar-refractivity contribution is 5.94. The molecule has 2 bridgehead atoms. The van der Waals surface area contributed by atoms with E-state index in [9.17, 15) is 13.6 Å². The third-order valence-electron chi connectivity index (χ3n) is 8.18. The molecule has 1 saturated carbocycles. The van der Waals surface area contributed by atoms with Crippen molar-refractivity contribution in [3.8, 4) is 11.3 Å². The number of carbonyl (C=O) groups is 1. The minimum atomic E-state index is -0.653. The van der Waals surface area contributed by atoms with E-state index in [-0.39, 0.29) is 33.8 Å². The van der Waals surface area contributed by atoms with E-state index in [1.807, 2.05) is 12.1 Å². The number of ketones is 1. The summed E-state index contributed by atoms with van der Waals surface area (Å²) in [5.74, 6) is -1.11. The second-order valence-corrected chi connectivity index (χ2v) is 11.7. The molecule has 0 unspecified atom stereocenters. The van der Waals surface area contributed by atoms with Crippen LogP contribution in [0.2, 0.25) is 0 Å². The van der Waals surface area contributed by atoms with Crippen LogP contribution in [0.3, 0.4) is 0 Å². The standard InChI is InChI=1S/C29H31F2N3O/c1-27(2,3)14-13-23(35)21-10-7-11-24(32-21)29-15-12-18(28(29,4)5)17-16-22(33-34-26(17)29)25-19(30)8-6-9-20(25)31/h6-11,16,18H,12-15H2,1-5H3/t18-,29-/m0/s1. The number of aromatic nitrogens is 3. The monoisotopic (exact) mass is 475 g/mol. The summed E-state index contributed by atoms with van der Waals surface area (Å²) < 4.78 is 29.0. The third kappa shape index (κ3) is 3.60. The van der Waals surface area contributed by atoms with Crippen molar-refractivity contribution in [1.82, 2.24) is 15.2 Å². The molecule has 2 heterocycles. The molecule has 1 aromatic carbocycles. The van der Waals surface area contributed by atoms with E-state index in [1.165, 1.54) is 18.2 Å². The molecule has 0 N–H and O–H groups in total. The SMILES string of the molecule is CC(C)(C)CCC(=O)c1cccc([C@@]23CC[C@@H](c4cc(-c5c(F)cccc5F)nnc42)C3(C)C)n1. The number of nitrogens with zero attached hydrogens (tertiary/aromatic N) is 3. The van der Waals surface area contributed by atoms with E-state index in [0.717, 1.165) is 36.2 Å². The Labute approximate surface area is 205 Å². The van der Waals surface area contributed by atoms with Crippen molar-refractivity contribution in [3.63, 3.8) is 0 Å². The molecule has 1 fully saturated rings. The second-order valence-electron chi connectivity index (χ2n) is 11.7. The summed E-state index contributed by atoms with van der Waals surface area (Å²) in [5, 5.41) is 8.87. The van der Waals surface area contributed by atoms with Crippen LogP contribution in [-0.2, 0) is 5.41 Å². The highest BCUT2D eigenvalue weighted by Crippen LogP contribution is 2.69. The number of hydrogen-bond donors (Lipinski definition) is 0.